The number of hydrogen-bond donors (Lipinski definition) is 1. The average molecular weight is 343 g/mol. The van der Waals surface area contributed by atoms with Gasteiger partial charge in [0, 0.05) is 17.9 Å². The maximum absolute atomic E-state index is 12.7. The van der Waals surface area contributed by atoms with Crippen molar-refractivity contribution in [2.75, 3.05) is 5.32 Å². The van der Waals surface area contributed by atoms with Crippen LogP contribution < -0.4 is 5.32 Å². The maximum atomic E-state index is 12.7. The number of aryl methyl sites for hydroxylation is 2. The third-order valence-electron chi connectivity index (χ3n) is 4.14. The summed E-state index contributed by atoms with van der Waals surface area (Å²) in [6.45, 7) is 3.48. The Bertz CT molecular complexity index is 1100. The largest absolute Gasteiger partial charge is 0.436 e. The fraction of sp³-hybridized carbons (Fsp3) is 0.0952. The highest BCUT2D eigenvalue weighted by molar-refractivity contribution is 6.08. The monoisotopic (exact) mass is 343 g/mol. The first kappa shape index (κ1) is 16.0. The van der Waals surface area contributed by atoms with Crippen molar-refractivity contribution >= 4 is 22.5 Å². The molecule has 26 heavy (non-hydrogen) atoms. The molecule has 0 atom stereocenters. The number of carbonyl (C=O) groups is 1. The number of aromatic nitrogens is 2. The van der Waals surface area contributed by atoms with Gasteiger partial charge in [0.1, 0.15) is 0 Å². The molecule has 0 saturated heterocycles. The highest BCUT2D eigenvalue weighted by atomic mass is 16.4. The van der Waals surface area contributed by atoms with E-state index in [-0.39, 0.29) is 11.7 Å². The van der Waals surface area contributed by atoms with E-state index >= 15 is 0 Å². The summed E-state index contributed by atoms with van der Waals surface area (Å²) in [6.07, 6.45) is 0. The van der Waals surface area contributed by atoms with Crippen LogP contribution in [0.4, 0.5) is 5.69 Å². The van der Waals surface area contributed by atoms with Crippen molar-refractivity contribution in [2.45, 2.75) is 13.8 Å². The smallest absolute Gasteiger partial charge is 0.293 e. The molecular formula is C21H17N3O2. The van der Waals surface area contributed by atoms with Crippen molar-refractivity contribution in [3.05, 3.63) is 78.0 Å². The van der Waals surface area contributed by atoms with Gasteiger partial charge >= 0.3 is 0 Å². The first-order chi connectivity index (χ1) is 12.6. The van der Waals surface area contributed by atoms with E-state index in [1.165, 1.54) is 0 Å². The number of nitrogens with one attached hydrogen (secondary N) is 1. The molecule has 0 aliphatic rings. The number of rotatable bonds is 3. The Kier molecular flexibility index (Phi) is 3.97. The van der Waals surface area contributed by atoms with E-state index in [9.17, 15) is 4.79 Å². The number of para-hydroxylation sites is 1. The molecule has 0 aliphatic heterocycles. The zero-order chi connectivity index (χ0) is 18.1. The van der Waals surface area contributed by atoms with Gasteiger partial charge in [-0.1, -0.05) is 48.5 Å². The lowest BCUT2D eigenvalue weighted by molar-refractivity contribution is 0.0995. The van der Waals surface area contributed by atoms with Gasteiger partial charge in [0.05, 0.1) is 22.6 Å². The Hall–Kier alpha value is -3.47. The molecule has 5 heteroatoms. The minimum absolute atomic E-state index is 0.227. The lowest BCUT2D eigenvalue weighted by atomic mass is 10.1. The van der Waals surface area contributed by atoms with Crippen molar-refractivity contribution in [1.29, 1.82) is 0 Å². The van der Waals surface area contributed by atoms with Gasteiger partial charge in [0.15, 0.2) is 5.89 Å². The molecule has 128 valence electrons. The summed E-state index contributed by atoms with van der Waals surface area (Å²) in [7, 11) is 0. The number of carbonyl (C=O) groups excluding carboxylic acids is 1. The van der Waals surface area contributed by atoms with Gasteiger partial charge in [-0.25, -0.2) is 9.97 Å². The third kappa shape index (κ3) is 2.95. The molecule has 4 aromatic rings. The Labute approximate surface area is 150 Å². The number of nitrogens with zero attached hydrogens (tertiary/aromatic N) is 2. The zero-order valence-corrected chi connectivity index (χ0v) is 14.5. The van der Waals surface area contributed by atoms with E-state index in [4.69, 9.17) is 9.40 Å². The van der Waals surface area contributed by atoms with Gasteiger partial charge in [-0.3, -0.25) is 4.79 Å². The van der Waals surface area contributed by atoms with E-state index in [0.29, 0.717) is 17.3 Å². The fourth-order valence-corrected chi connectivity index (χ4v) is 2.96. The summed E-state index contributed by atoms with van der Waals surface area (Å²) < 4.78 is 5.44. The SMILES string of the molecule is Cc1nc(C)c(C(=O)Nc2cc(-c3ccccc3)nc3ccccc23)o1. The standard InChI is InChI=1S/C21H17N3O2/c1-13-20(26-14(2)22-13)21(25)24-19-12-18(15-8-4-3-5-9-15)23-17-11-7-6-10-16(17)19/h3-12H,1-2H3,(H,23,24,25). The summed E-state index contributed by atoms with van der Waals surface area (Å²) in [5.41, 5.74) is 3.86. The van der Waals surface area contributed by atoms with Crippen LogP contribution in [0.15, 0.2) is 65.1 Å². The molecule has 1 N–H and O–H groups in total. The van der Waals surface area contributed by atoms with E-state index in [2.05, 4.69) is 10.3 Å². The minimum atomic E-state index is -0.321. The van der Waals surface area contributed by atoms with Gasteiger partial charge in [-0.05, 0) is 19.1 Å². The maximum Gasteiger partial charge on any atom is 0.293 e. The van der Waals surface area contributed by atoms with Crippen LogP contribution >= 0.6 is 0 Å². The van der Waals surface area contributed by atoms with Crippen LogP contribution in [0, 0.1) is 13.8 Å². The summed E-state index contributed by atoms with van der Waals surface area (Å²) in [6, 6.07) is 19.5. The number of amides is 1. The molecule has 2 aromatic heterocycles. The predicted octanol–water partition coefficient (Wildman–Crippen LogP) is 4.76. The first-order valence-electron chi connectivity index (χ1n) is 8.32. The van der Waals surface area contributed by atoms with Gasteiger partial charge in [-0.15, -0.1) is 0 Å². The summed E-state index contributed by atoms with van der Waals surface area (Å²) >= 11 is 0. The van der Waals surface area contributed by atoms with E-state index in [1.54, 1.807) is 13.8 Å². The van der Waals surface area contributed by atoms with Crippen molar-refractivity contribution < 1.29 is 9.21 Å². The molecule has 0 fully saturated rings. The highest BCUT2D eigenvalue weighted by Gasteiger charge is 2.18. The quantitative estimate of drug-likeness (QED) is 0.582. The number of oxazole rings is 1. The molecule has 2 heterocycles. The highest BCUT2D eigenvalue weighted by Crippen LogP contribution is 2.28. The van der Waals surface area contributed by atoms with Crippen LogP contribution in [0.3, 0.4) is 0 Å². The molecule has 4 rings (SSSR count). The lowest BCUT2D eigenvalue weighted by Gasteiger charge is -2.11. The van der Waals surface area contributed by atoms with Gasteiger partial charge < -0.3 is 9.73 Å². The summed E-state index contributed by atoms with van der Waals surface area (Å²) in [5, 5.41) is 3.82. The molecule has 0 spiro atoms. The van der Waals surface area contributed by atoms with Gasteiger partial charge in [0.2, 0.25) is 5.76 Å². The molecule has 0 aliphatic carbocycles. The molecule has 5 nitrogen and oxygen atoms in total. The summed E-state index contributed by atoms with van der Waals surface area (Å²) in [5.74, 6) is 0.375. The molecule has 0 radical (unpaired) electrons. The molecule has 2 aromatic carbocycles. The van der Waals surface area contributed by atoms with Crippen molar-refractivity contribution in [3.63, 3.8) is 0 Å². The number of fused-ring (bicyclic) bond motifs is 1. The Balaban J connectivity index is 1.80. The zero-order valence-electron chi connectivity index (χ0n) is 14.5. The van der Waals surface area contributed by atoms with E-state index < -0.39 is 0 Å². The van der Waals surface area contributed by atoms with Crippen LogP contribution in [0.5, 0.6) is 0 Å². The lowest BCUT2D eigenvalue weighted by Crippen LogP contribution is -2.13. The second kappa shape index (κ2) is 6.44. The van der Waals surface area contributed by atoms with Crippen molar-refractivity contribution in [1.82, 2.24) is 9.97 Å². The number of hydrogen-bond acceptors (Lipinski definition) is 4. The second-order valence-corrected chi connectivity index (χ2v) is 6.04. The van der Waals surface area contributed by atoms with Crippen molar-refractivity contribution in [2.24, 2.45) is 0 Å². The topological polar surface area (TPSA) is 68.0 Å². The molecular weight excluding hydrogens is 326 g/mol. The van der Waals surface area contributed by atoms with E-state index in [1.807, 2.05) is 60.7 Å². The van der Waals surface area contributed by atoms with Crippen LogP contribution in [-0.4, -0.2) is 15.9 Å². The van der Waals surface area contributed by atoms with E-state index in [0.717, 1.165) is 22.2 Å². The Morgan fingerprint density at radius 3 is 2.42 bits per heavy atom. The normalized spacial score (nSPS) is 10.8. The van der Waals surface area contributed by atoms with Gasteiger partial charge in [0.25, 0.3) is 5.91 Å². The molecule has 0 saturated carbocycles. The number of pyridine rings is 1. The van der Waals surface area contributed by atoms with Crippen molar-refractivity contribution in [3.8, 4) is 11.3 Å². The Morgan fingerprint density at radius 2 is 1.69 bits per heavy atom. The molecule has 0 unspecified atom stereocenters. The second-order valence-electron chi connectivity index (χ2n) is 6.04. The minimum Gasteiger partial charge on any atom is -0.436 e. The van der Waals surface area contributed by atoms with Crippen LogP contribution in [0.1, 0.15) is 22.1 Å². The third-order valence-corrected chi connectivity index (χ3v) is 4.14. The Morgan fingerprint density at radius 1 is 0.962 bits per heavy atom. The summed E-state index contributed by atoms with van der Waals surface area (Å²) in [4.78, 5) is 21.6. The number of benzene rings is 2. The van der Waals surface area contributed by atoms with Crippen LogP contribution in [0.2, 0.25) is 0 Å². The molecule has 0 bridgehead atoms. The first-order valence-corrected chi connectivity index (χ1v) is 8.32. The van der Waals surface area contributed by atoms with Crippen LogP contribution in [0.25, 0.3) is 22.2 Å². The van der Waals surface area contributed by atoms with Gasteiger partial charge in [-0.2, -0.15) is 0 Å². The average Bonchev–Trinajstić information content (AvgIpc) is 3.00. The predicted molar refractivity (Wildman–Crippen MR) is 101 cm³/mol. The van der Waals surface area contributed by atoms with Crippen LogP contribution in [-0.2, 0) is 0 Å². The number of anilines is 1. The fourth-order valence-electron chi connectivity index (χ4n) is 2.96. The molecule has 1 amide bonds.